The van der Waals surface area contributed by atoms with Gasteiger partial charge in [0, 0.05) is 19.1 Å². The lowest BCUT2D eigenvalue weighted by molar-refractivity contribution is 0.00578. The maximum absolute atomic E-state index is 14.6. The summed E-state index contributed by atoms with van der Waals surface area (Å²) in [7, 11) is -0.995. The van der Waals surface area contributed by atoms with E-state index < -0.39 is 24.0 Å². The summed E-state index contributed by atoms with van der Waals surface area (Å²) in [5.74, 6) is 0. The van der Waals surface area contributed by atoms with E-state index in [1.54, 1.807) is 0 Å². The Bertz CT molecular complexity index is 685. The zero-order chi connectivity index (χ0) is 18.5. The van der Waals surface area contributed by atoms with Crippen molar-refractivity contribution in [3.63, 3.8) is 0 Å². The zero-order valence-corrected chi connectivity index (χ0v) is 16.1. The van der Waals surface area contributed by atoms with Crippen LogP contribution in [0.25, 0.3) is 6.08 Å². The summed E-state index contributed by atoms with van der Waals surface area (Å²) in [5, 5.41) is 8.34. The maximum atomic E-state index is 14.6. The van der Waals surface area contributed by atoms with Crippen molar-refractivity contribution in [1.29, 1.82) is 0 Å². The van der Waals surface area contributed by atoms with Crippen LogP contribution in [0.3, 0.4) is 0 Å². The summed E-state index contributed by atoms with van der Waals surface area (Å²) >= 11 is 0. The van der Waals surface area contributed by atoms with Gasteiger partial charge in [-0.05, 0) is 53.0 Å². The molecule has 0 bridgehead atoms. The molecule has 142 valence electrons. The quantitative estimate of drug-likeness (QED) is 0.771. The van der Waals surface area contributed by atoms with Gasteiger partial charge in [0.2, 0.25) is 0 Å². The van der Waals surface area contributed by atoms with Crippen molar-refractivity contribution in [2.45, 2.75) is 76.7 Å². The molecule has 26 heavy (non-hydrogen) atoms. The number of rotatable bonds is 4. The van der Waals surface area contributed by atoms with Crippen LogP contribution in [0.4, 0.5) is 4.39 Å². The Morgan fingerprint density at radius 3 is 2.50 bits per heavy atom. The van der Waals surface area contributed by atoms with Crippen molar-refractivity contribution >= 4 is 13.2 Å². The molecule has 1 saturated carbocycles. The molecule has 0 spiro atoms. The van der Waals surface area contributed by atoms with Crippen molar-refractivity contribution in [3.8, 4) is 0 Å². The van der Waals surface area contributed by atoms with Crippen LogP contribution in [0.15, 0.2) is 11.9 Å². The van der Waals surface area contributed by atoms with Crippen LogP contribution in [0.1, 0.15) is 65.1 Å². The Hall–Kier alpha value is -1.25. The standard InChI is InChI=1S/C18H28BFN4O2/c1-17(2)18(3,4)26-19(25-17)16(20)10-13-11-24(22-21-13)15-8-9-23(12-15)14-6-5-7-14/h10-11,14-15H,5-9,12H2,1-4H3. The van der Waals surface area contributed by atoms with Crippen LogP contribution >= 0.6 is 0 Å². The summed E-state index contributed by atoms with van der Waals surface area (Å²) in [6.07, 6.45) is 8.24. The molecule has 0 N–H and O–H groups in total. The minimum atomic E-state index is -0.995. The van der Waals surface area contributed by atoms with E-state index in [4.69, 9.17) is 9.31 Å². The van der Waals surface area contributed by atoms with Crippen LogP contribution in [0.5, 0.6) is 0 Å². The van der Waals surface area contributed by atoms with Crippen molar-refractivity contribution in [2.75, 3.05) is 13.1 Å². The molecule has 0 aromatic carbocycles. The van der Waals surface area contributed by atoms with Gasteiger partial charge < -0.3 is 9.31 Å². The Labute approximate surface area is 154 Å². The molecule has 3 aliphatic rings. The normalized spacial score (nSPS) is 29.3. The van der Waals surface area contributed by atoms with Crippen molar-refractivity contribution < 1.29 is 13.7 Å². The smallest absolute Gasteiger partial charge is 0.398 e. The van der Waals surface area contributed by atoms with E-state index in [0.29, 0.717) is 11.7 Å². The fraction of sp³-hybridized carbons (Fsp3) is 0.778. The van der Waals surface area contributed by atoms with E-state index in [1.807, 2.05) is 38.6 Å². The Kier molecular flexibility index (Phi) is 4.48. The molecule has 8 heteroatoms. The molecule has 1 unspecified atom stereocenters. The first-order chi connectivity index (χ1) is 12.2. The van der Waals surface area contributed by atoms with E-state index >= 15 is 0 Å². The third-order valence-electron chi connectivity index (χ3n) is 6.45. The van der Waals surface area contributed by atoms with Gasteiger partial charge in [0.1, 0.15) is 11.4 Å². The fourth-order valence-corrected chi connectivity index (χ4v) is 3.77. The van der Waals surface area contributed by atoms with Gasteiger partial charge in [0.05, 0.1) is 23.4 Å². The molecule has 0 amide bonds. The second-order valence-electron chi connectivity index (χ2n) is 8.76. The first-order valence-corrected chi connectivity index (χ1v) is 9.64. The first-order valence-electron chi connectivity index (χ1n) is 9.64. The molecule has 4 rings (SSSR count). The third kappa shape index (κ3) is 3.23. The highest BCUT2D eigenvalue weighted by molar-refractivity contribution is 6.54. The molecule has 3 heterocycles. The van der Waals surface area contributed by atoms with Gasteiger partial charge in [-0.25, -0.2) is 9.07 Å². The average molecular weight is 362 g/mol. The molecule has 1 atom stereocenters. The zero-order valence-electron chi connectivity index (χ0n) is 16.1. The second-order valence-corrected chi connectivity index (χ2v) is 8.76. The van der Waals surface area contributed by atoms with E-state index in [1.165, 1.54) is 25.3 Å². The summed E-state index contributed by atoms with van der Waals surface area (Å²) in [4.78, 5) is 2.55. The van der Waals surface area contributed by atoms with E-state index in [0.717, 1.165) is 25.6 Å². The SMILES string of the molecule is CC1(C)OB(C(F)=Cc2cn(C3CCN(C4CCC4)C3)nn2)OC1(C)C. The van der Waals surface area contributed by atoms with Crippen molar-refractivity contribution in [2.24, 2.45) is 0 Å². The van der Waals surface area contributed by atoms with Crippen LogP contribution in [0.2, 0.25) is 0 Å². The molecule has 2 saturated heterocycles. The fourth-order valence-electron chi connectivity index (χ4n) is 3.77. The van der Waals surface area contributed by atoms with E-state index in [9.17, 15) is 4.39 Å². The minimum absolute atomic E-state index is 0.324. The highest BCUT2D eigenvalue weighted by Crippen LogP contribution is 2.39. The Morgan fingerprint density at radius 1 is 1.19 bits per heavy atom. The topological polar surface area (TPSA) is 52.4 Å². The van der Waals surface area contributed by atoms with Crippen LogP contribution in [0, 0.1) is 0 Å². The molecular formula is C18H28BFN4O2. The Balaban J connectivity index is 1.41. The molecule has 2 aliphatic heterocycles. The first kappa shape index (κ1) is 18.1. The van der Waals surface area contributed by atoms with Crippen LogP contribution in [-0.4, -0.2) is 57.3 Å². The van der Waals surface area contributed by atoms with Gasteiger partial charge >= 0.3 is 7.12 Å². The average Bonchev–Trinajstić information content (AvgIpc) is 3.17. The van der Waals surface area contributed by atoms with Gasteiger partial charge in [0.15, 0.2) is 0 Å². The largest absolute Gasteiger partial charge is 0.525 e. The second kappa shape index (κ2) is 6.42. The third-order valence-corrected chi connectivity index (χ3v) is 6.45. The van der Waals surface area contributed by atoms with Crippen molar-refractivity contribution in [1.82, 2.24) is 19.9 Å². The van der Waals surface area contributed by atoms with Gasteiger partial charge in [-0.3, -0.25) is 4.90 Å². The lowest BCUT2D eigenvalue weighted by Crippen LogP contribution is -2.41. The molecule has 3 fully saturated rings. The van der Waals surface area contributed by atoms with Crippen LogP contribution < -0.4 is 0 Å². The number of nitrogens with zero attached hydrogens (tertiary/aromatic N) is 4. The highest BCUT2D eigenvalue weighted by Gasteiger charge is 2.53. The number of aromatic nitrogens is 3. The van der Waals surface area contributed by atoms with Gasteiger partial charge in [0.25, 0.3) is 0 Å². The summed E-state index contributed by atoms with van der Waals surface area (Å²) in [5.41, 5.74) is -1.09. The molecule has 1 aromatic rings. The molecule has 6 nitrogen and oxygen atoms in total. The predicted octanol–water partition coefficient (Wildman–Crippen LogP) is 3.02. The number of hydrogen-bond donors (Lipinski definition) is 0. The predicted molar refractivity (Wildman–Crippen MR) is 98.1 cm³/mol. The number of hydrogen-bond acceptors (Lipinski definition) is 5. The van der Waals surface area contributed by atoms with Gasteiger partial charge in [-0.1, -0.05) is 11.6 Å². The van der Waals surface area contributed by atoms with Crippen LogP contribution in [-0.2, 0) is 9.31 Å². The lowest BCUT2D eigenvalue weighted by Gasteiger charge is -2.34. The van der Waals surface area contributed by atoms with Crippen molar-refractivity contribution in [3.05, 3.63) is 17.6 Å². The number of likely N-dealkylation sites (tertiary alicyclic amines) is 1. The van der Waals surface area contributed by atoms with E-state index in [2.05, 4.69) is 15.2 Å². The molecule has 1 aromatic heterocycles. The van der Waals surface area contributed by atoms with E-state index in [-0.39, 0.29) is 0 Å². The molecule has 0 radical (unpaired) electrons. The lowest BCUT2D eigenvalue weighted by atomic mass is 9.87. The van der Waals surface area contributed by atoms with Gasteiger partial charge in [-0.2, -0.15) is 0 Å². The summed E-state index contributed by atoms with van der Waals surface area (Å²) < 4.78 is 28.0. The highest BCUT2D eigenvalue weighted by atomic mass is 19.1. The van der Waals surface area contributed by atoms with Gasteiger partial charge in [-0.15, -0.1) is 5.10 Å². The maximum Gasteiger partial charge on any atom is 0.525 e. The molecule has 1 aliphatic carbocycles. The number of halogens is 1. The molecular weight excluding hydrogens is 334 g/mol. The monoisotopic (exact) mass is 362 g/mol. The summed E-state index contributed by atoms with van der Waals surface area (Å²) in [6.45, 7) is 9.75. The Morgan fingerprint density at radius 2 is 1.88 bits per heavy atom. The summed E-state index contributed by atoms with van der Waals surface area (Å²) in [6, 6.07) is 1.08. The minimum Gasteiger partial charge on any atom is -0.398 e.